The molecule has 19 heavy (non-hydrogen) atoms. The number of carbonyl (C=O) groups is 1. The summed E-state index contributed by atoms with van der Waals surface area (Å²) in [5, 5.41) is 0. The van der Waals surface area contributed by atoms with Gasteiger partial charge in [-0.05, 0) is 26.0 Å². The van der Waals surface area contributed by atoms with Gasteiger partial charge in [0.05, 0.1) is 5.54 Å². The van der Waals surface area contributed by atoms with Crippen LogP contribution in [0.4, 0.5) is 10.1 Å². The van der Waals surface area contributed by atoms with Gasteiger partial charge in [-0.3, -0.25) is 9.69 Å². The van der Waals surface area contributed by atoms with Crippen molar-refractivity contribution in [3.8, 4) is 0 Å². The molecule has 0 radical (unpaired) electrons. The first-order valence-electron chi connectivity index (χ1n) is 6.37. The number of piperazine rings is 1. The summed E-state index contributed by atoms with van der Waals surface area (Å²) in [5.74, 6) is -0.253. The first-order valence-corrected chi connectivity index (χ1v) is 6.37. The smallest absolute Gasteiger partial charge is 0.242 e. The third kappa shape index (κ3) is 2.56. The lowest BCUT2D eigenvalue weighted by Crippen LogP contribution is -2.61. The van der Waals surface area contributed by atoms with E-state index in [0.717, 1.165) is 6.54 Å². The Hall–Kier alpha value is -1.62. The number of nitrogens with zero attached hydrogens (tertiary/aromatic N) is 2. The Bertz CT molecular complexity index is 501. The maximum atomic E-state index is 13.8. The lowest BCUT2D eigenvalue weighted by molar-refractivity contribution is -0.147. The van der Waals surface area contributed by atoms with Gasteiger partial charge < -0.3 is 10.6 Å². The number of anilines is 1. The first-order chi connectivity index (χ1) is 8.82. The number of amides is 1. The summed E-state index contributed by atoms with van der Waals surface area (Å²) < 4.78 is 13.8. The van der Waals surface area contributed by atoms with Crippen molar-refractivity contribution in [1.82, 2.24) is 9.80 Å². The highest BCUT2D eigenvalue weighted by Gasteiger charge is 2.40. The van der Waals surface area contributed by atoms with Gasteiger partial charge in [0.1, 0.15) is 5.82 Å². The number of nitrogen functional groups attached to an aromatic ring is 1. The van der Waals surface area contributed by atoms with Crippen molar-refractivity contribution in [2.45, 2.75) is 25.9 Å². The minimum Gasteiger partial charge on any atom is -0.399 e. The number of rotatable bonds is 2. The van der Waals surface area contributed by atoms with Gasteiger partial charge in [0, 0.05) is 37.9 Å². The molecule has 0 spiro atoms. The zero-order valence-electron chi connectivity index (χ0n) is 11.6. The van der Waals surface area contributed by atoms with E-state index >= 15 is 0 Å². The van der Waals surface area contributed by atoms with Gasteiger partial charge in [-0.1, -0.05) is 6.07 Å². The molecule has 5 heteroatoms. The highest BCUT2D eigenvalue weighted by molar-refractivity contribution is 5.86. The number of hydrogen-bond acceptors (Lipinski definition) is 3. The minimum absolute atomic E-state index is 0.0644. The lowest BCUT2D eigenvalue weighted by atomic mass is 9.97. The van der Waals surface area contributed by atoms with Gasteiger partial charge >= 0.3 is 0 Å². The molecule has 0 saturated carbocycles. The van der Waals surface area contributed by atoms with E-state index in [2.05, 4.69) is 0 Å². The third-order valence-electron chi connectivity index (χ3n) is 3.80. The standard InChI is InChI=1S/C14H20FN3O/c1-14(2)13(19)17(3)6-7-18(14)9-10-4-5-11(16)8-12(10)15/h4-5,8H,6-7,9,16H2,1-3H3. The van der Waals surface area contributed by atoms with E-state index in [1.54, 1.807) is 24.1 Å². The second-order valence-electron chi connectivity index (χ2n) is 5.56. The van der Waals surface area contributed by atoms with Crippen molar-refractivity contribution >= 4 is 11.6 Å². The Kier molecular flexibility index (Phi) is 3.49. The van der Waals surface area contributed by atoms with Crippen LogP contribution in [0.25, 0.3) is 0 Å². The highest BCUT2D eigenvalue weighted by atomic mass is 19.1. The number of benzene rings is 1. The molecule has 1 aromatic rings. The van der Waals surface area contributed by atoms with Crippen molar-refractivity contribution < 1.29 is 9.18 Å². The van der Waals surface area contributed by atoms with Crippen LogP contribution in [0.3, 0.4) is 0 Å². The molecule has 0 unspecified atom stereocenters. The second-order valence-corrected chi connectivity index (χ2v) is 5.56. The Balaban J connectivity index is 2.21. The Labute approximate surface area is 113 Å². The number of nitrogens with two attached hydrogens (primary N) is 1. The average molecular weight is 265 g/mol. The monoisotopic (exact) mass is 265 g/mol. The van der Waals surface area contributed by atoms with E-state index in [1.807, 2.05) is 18.7 Å². The van der Waals surface area contributed by atoms with Gasteiger partial charge in [-0.25, -0.2) is 4.39 Å². The SMILES string of the molecule is CN1CCN(Cc2ccc(N)cc2F)C(C)(C)C1=O. The maximum Gasteiger partial charge on any atom is 0.242 e. The van der Waals surface area contributed by atoms with E-state index in [0.29, 0.717) is 24.3 Å². The summed E-state index contributed by atoms with van der Waals surface area (Å²) in [6, 6.07) is 4.69. The van der Waals surface area contributed by atoms with Crippen LogP contribution in [0.2, 0.25) is 0 Å². The third-order valence-corrected chi connectivity index (χ3v) is 3.80. The van der Waals surface area contributed by atoms with Gasteiger partial charge in [-0.2, -0.15) is 0 Å². The van der Waals surface area contributed by atoms with Gasteiger partial charge in [0.2, 0.25) is 5.91 Å². The summed E-state index contributed by atoms with van der Waals surface area (Å²) in [5.41, 5.74) is 5.91. The van der Waals surface area contributed by atoms with Crippen molar-refractivity contribution in [3.05, 3.63) is 29.6 Å². The van der Waals surface area contributed by atoms with Crippen LogP contribution >= 0.6 is 0 Å². The van der Waals surface area contributed by atoms with Crippen molar-refractivity contribution in [2.75, 3.05) is 25.9 Å². The minimum atomic E-state index is -0.610. The van der Waals surface area contributed by atoms with Gasteiger partial charge in [0.15, 0.2) is 0 Å². The molecule has 1 aliphatic heterocycles. The molecule has 0 atom stereocenters. The highest BCUT2D eigenvalue weighted by Crippen LogP contribution is 2.25. The Morgan fingerprint density at radius 2 is 2.05 bits per heavy atom. The molecule has 0 bridgehead atoms. The summed E-state index contributed by atoms with van der Waals surface area (Å²) in [6.07, 6.45) is 0. The molecule has 4 nitrogen and oxygen atoms in total. The fourth-order valence-electron chi connectivity index (χ4n) is 2.43. The molecular formula is C14H20FN3O. The average Bonchev–Trinajstić information content (AvgIpc) is 2.33. The molecule has 1 heterocycles. The molecule has 1 fully saturated rings. The van der Waals surface area contributed by atoms with Crippen LogP contribution < -0.4 is 5.73 Å². The largest absolute Gasteiger partial charge is 0.399 e. The van der Waals surface area contributed by atoms with E-state index in [1.165, 1.54) is 6.07 Å². The molecule has 104 valence electrons. The summed E-state index contributed by atoms with van der Waals surface area (Å²) in [4.78, 5) is 15.9. The zero-order valence-corrected chi connectivity index (χ0v) is 11.6. The Morgan fingerprint density at radius 3 is 2.68 bits per heavy atom. The molecule has 1 amide bonds. The van der Waals surface area contributed by atoms with Crippen LogP contribution in [-0.4, -0.2) is 41.4 Å². The molecule has 2 N–H and O–H groups in total. The number of likely N-dealkylation sites (N-methyl/N-ethyl adjacent to an activating group) is 1. The Morgan fingerprint density at radius 1 is 1.37 bits per heavy atom. The fourth-order valence-corrected chi connectivity index (χ4v) is 2.43. The lowest BCUT2D eigenvalue weighted by Gasteiger charge is -2.44. The molecule has 0 aliphatic carbocycles. The maximum absolute atomic E-state index is 13.8. The zero-order chi connectivity index (χ0) is 14.2. The predicted molar refractivity (Wildman–Crippen MR) is 72.9 cm³/mol. The normalized spacial score (nSPS) is 19.8. The van der Waals surface area contributed by atoms with Crippen LogP contribution in [-0.2, 0) is 11.3 Å². The van der Waals surface area contributed by atoms with E-state index in [-0.39, 0.29) is 11.7 Å². The van der Waals surface area contributed by atoms with Gasteiger partial charge in [0.25, 0.3) is 0 Å². The van der Waals surface area contributed by atoms with E-state index < -0.39 is 5.54 Å². The quantitative estimate of drug-likeness (QED) is 0.824. The molecule has 0 aromatic heterocycles. The first kappa shape index (κ1) is 13.8. The molecule has 1 aromatic carbocycles. The van der Waals surface area contributed by atoms with Crippen LogP contribution in [0.1, 0.15) is 19.4 Å². The van der Waals surface area contributed by atoms with Crippen LogP contribution in [0.15, 0.2) is 18.2 Å². The fraction of sp³-hybridized carbons (Fsp3) is 0.500. The van der Waals surface area contributed by atoms with Gasteiger partial charge in [-0.15, -0.1) is 0 Å². The van der Waals surface area contributed by atoms with Crippen molar-refractivity contribution in [1.29, 1.82) is 0 Å². The topological polar surface area (TPSA) is 49.6 Å². The predicted octanol–water partition coefficient (Wildman–Crippen LogP) is 1.46. The van der Waals surface area contributed by atoms with Crippen molar-refractivity contribution in [2.24, 2.45) is 0 Å². The van der Waals surface area contributed by atoms with E-state index in [4.69, 9.17) is 5.73 Å². The van der Waals surface area contributed by atoms with Crippen LogP contribution in [0, 0.1) is 5.82 Å². The summed E-state index contributed by atoms with van der Waals surface area (Å²) in [6.45, 7) is 5.57. The van der Waals surface area contributed by atoms with Crippen LogP contribution in [0.5, 0.6) is 0 Å². The molecule has 1 saturated heterocycles. The molecule has 2 rings (SSSR count). The number of carbonyl (C=O) groups excluding carboxylic acids is 1. The summed E-state index contributed by atoms with van der Waals surface area (Å²) >= 11 is 0. The molecular weight excluding hydrogens is 245 g/mol. The van der Waals surface area contributed by atoms with Crippen molar-refractivity contribution in [3.63, 3.8) is 0 Å². The number of halogens is 1. The molecule has 1 aliphatic rings. The number of hydrogen-bond donors (Lipinski definition) is 1. The second kappa shape index (κ2) is 4.81. The van der Waals surface area contributed by atoms with E-state index in [9.17, 15) is 9.18 Å². The summed E-state index contributed by atoms with van der Waals surface area (Å²) in [7, 11) is 1.80.